The molecule has 0 amide bonds. The Balaban J connectivity index is 1.96. The monoisotopic (exact) mass is 372 g/mol. The number of benzene rings is 2. The van der Waals surface area contributed by atoms with Crippen molar-refractivity contribution in [2.24, 2.45) is 5.10 Å². The number of rotatable bonds is 9. The number of hydrazone groups is 1. The second-order valence-electron chi connectivity index (χ2n) is 7.16. The Labute approximate surface area is 157 Å². The van der Waals surface area contributed by atoms with Gasteiger partial charge in [-0.2, -0.15) is 5.10 Å². The third-order valence-electron chi connectivity index (χ3n) is 3.55. The quantitative estimate of drug-likeness (QED) is 0.193. The van der Waals surface area contributed by atoms with Crippen LogP contribution in [0.2, 0.25) is 19.6 Å². The fourth-order valence-corrected chi connectivity index (χ4v) is 5.44. The molecule has 0 bridgehead atoms. The molecule has 0 saturated heterocycles. The minimum absolute atomic E-state index is 0.276. The van der Waals surface area contributed by atoms with Gasteiger partial charge in [0.15, 0.2) is 8.32 Å². The maximum absolute atomic E-state index is 6.48. The van der Waals surface area contributed by atoms with Gasteiger partial charge in [0.05, 0.1) is 11.2 Å². The average Bonchev–Trinajstić information content (AvgIpc) is 2.58. The lowest BCUT2D eigenvalue weighted by Crippen LogP contribution is -2.38. The Hall–Kier alpha value is -1.56. The van der Waals surface area contributed by atoms with Crippen LogP contribution < -0.4 is 5.43 Å². The fraction of sp³-hybridized carbons (Fsp3) is 0.350. The van der Waals surface area contributed by atoms with Crippen LogP contribution in [-0.2, 0) is 10.8 Å². The predicted molar refractivity (Wildman–Crippen MR) is 114 cm³/mol. The molecule has 0 radical (unpaired) electrons. The van der Waals surface area contributed by atoms with Crippen LogP contribution in [0.5, 0.6) is 0 Å². The molecule has 134 valence electrons. The second kappa shape index (κ2) is 9.22. The van der Waals surface area contributed by atoms with E-state index in [4.69, 9.17) is 4.43 Å². The van der Waals surface area contributed by atoms with Gasteiger partial charge in [0.1, 0.15) is 4.93 Å². The molecule has 1 unspecified atom stereocenters. The Morgan fingerprint density at radius 2 is 1.64 bits per heavy atom. The van der Waals surface area contributed by atoms with E-state index < -0.39 is 8.32 Å². The number of anilines is 1. The Morgan fingerprint density at radius 1 is 1.04 bits per heavy atom. The molecule has 0 spiro atoms. The van der Waals surface area contributed by atoms with Crippen LogP contribution in [0.4, 0.5) is 5.69 Å². The number of hydrogen-bond donors (Lipinski definition) is 1. The van der Waals surface area contributed by atoms with Crippen molar-refractivity contribution in [3.05, 3.63) is 66.2 Å². The number of nitrogens with zero attached hydrogens (tertiary/aromatic N) is 1. The molecule has 0 aliphatic heterocycles. The topological polar surface area (TPSA) is 33.6 Å². The molecule has 0 saturated carbocycles. The van der Waals surface area contributed by atoms with Crippen molar-refractivity contribution < 1.29 is 4.43 Å². The van der Waals surface area contributed by atoms with Crippen LogP contribution in [-0.4, -0.2) is 18.8 Å². The first-order chi connectivity index (χ1) is 11.9. The van der Waals surface area contributed by atoms with Crippen LogP contribution in [0.3, 0.4) is 0 Å². The zero-order valence-electron chi connectivity index (χ0n) is 15.5. The first-order valence-electron chi connectivity index (χ1n) is 8.61. The maximum Gasteiger partial charge on any atom is 0.185 e. The number of thioether (sulfide) groups is 1. The van der Waals surface area contributed by atoms with Crippen molar-refractivity contribution in [2.45, 2.75) is 44.3 Å². The van der Waals surface area contributed by atoms with Gasteiger partial charge in [-0.05, 0) is 57.1 Å². The highest BCUT2D eigenvalue weighted by Gasteiger charge is 2.31. The Morgan fingerprint density at radius 3 is 2.24 bits per heavy atom. The van der Waals surface area contributed by atoms with Crippen LogP contribution in [0, 0.1) is 0 Å². The lowest BCUT2D eigenvalue weighted by Gasteiger charge is -2.34. The summed E-state index contributed by atoms with van der Waals surface area (Å²) in [5.74, 6) is 0. The van der Waals surface area contributed by atoms with Gasteiger partial charge in [-0.25, -0.2) is 0 Å². The molecule has 25 heavy (non-hydrogen) atoms. The van der Waals surface area contributed by atoms with E-state index in [1.807, 2.05) is 35.9 Å². The second-order valence-corrected chi connectivity index (χ2v) is 12.9. The molecular weight excluding hydrogens is 344 g/mol. The smallest absolute Gasteiger partial charge is 0.185 e. The van der Waals surface area contributed by atoms with E-state index in [0.29, 0.717) is 0 Å². The molecule has 0 aromatic heterocycles. The third-order valence-corrected chi connectivity index (χ3v) is 5.76. The van der Waals surface area contributed by atoms with Gasteiger partial charge in [-0.3, -0.25) is 5.43 Å². The summed E-state index contributed by atoms with van der Waals surface area (Å²) in [4.78, 5) is -0.276. The Kier molecular flexibility index (Phi) is 7.29. The predicted octanol–water partition coefficient (Wildman–Crippen LogP) is 5.98. The fourth-order valence-electron chi connectivity index (χ4n) is 2.55. The molecule has 1 N–H and O–H groups in total. The van der Waals surface area contributed by atoms with E-state index in [1.54, 1.807) is 11.8 Å². The van der Waals surface area contributed by atoms with Crippen molar-refractivity contribution in [2.75, 3.05) is 5.43 Å². The number of hydrogen-bond acceptors (Lipinski definition) is 4. The highest BCUT2D eigenvalue weighted by Crippen LogP contribution is 2.33. The minimum Gasteiger partial charge on any atom is -0.403 e. The van der Waals surface area contributed by atoms with Crippen molar-refractivity contribution >= 4 is 31.3 Å². The molecule has 0 aliphatic rings. The molecule has 0 aliphatic carbocycles. The zero-order valence-corrected chi connectivity index (χ0v) is 17.3. The highest BCUT2D eigenvalue weighted by molar-refractivity contribution is 8.13. The molecule has 1 atom stereocenters. The largest absolute Gasteiger partial charge is 0.403 e. The number of nitrogens with one attached hydrogen (secondary N) is 1. The normalized spacial score (nSPS) is 14.4. The highest BCUT2D eigenvalue weighted by atomic mass is 32.2. The van der Waals surface area contributed by atoms with Crippen LogP contribution in [0.15, 0.2) is 65.8 Å². The first-order valence-corrected chi connectivity index (χ1v) is 12.9. The van der Waals surface area contributed by atoms with E-state index in [1.165, 1.54) is 5.56 Å². The van der Waals surface area contributed by atoms with E-state index >= 15 is 0 Å². The van der Waals surface area contributed by atoms with Gasteiger partial charge in [0.2, 0.25) is 0 Å². The van der Waals surface area contributed by atoms with Gasteiger partial charge in [-0.1, -0.05) is 60.3 Å². The summed E-state index contributed by atoms with van der Waals surface area (Å²) in [6.45, 7) is 8.86. The summed E-state index contributed by atoms with van der Waals surface area (Å²) in [7, 11) is -1.66. The third kappa shape index (κ3) is 7.90. The van der Waals surface area contributed by atoms with E-state index in [0.717, 1.165) is 18.5 Å². The van der Waals surface area contributed by atoms with Crippen LogP contribution in [0.25, 0.3) is 0 Å². The number of aryl methyl sites for hydroxylation is 1. The van der Waals surface area contributed by atoms with Gasteiger partial charge in [0.25, 0.3) is 0 Å². The molecule has 0 heterocycles. The molecule has 2 aromatic rings. The Bertz CT molecular complexity index is 658. The molecule has 0 fully saturated rings. The van der Waals surface area contributed by atoms with E-state index in [2.05, 4.69) is 67.4 Å². The van der Waals surface area contributed by atoms with E-state index in [-0.39, 0.29) is 4.93 Å². The van der Waals surface area contributed by atoms with Crippen molar-refractivity contribution in [1.82, 2.24) is 0 Å². The van der Waals surface area contributed by atoms with Gasteiger partial charge in [-0.15, -0.1) is 0 Å². The molecule has 2 rings (SSSR count). The molecule has 2 aromatic carbocycles. The molecule has 5 heteroatoms. The zero-order chi connectivity index (χ0) is 18.2. The van der Waals surface area contributed by atoms with E-state index in [9.17, 15) is 0 Å². The lowest BCUT2D eigenvalue weighted by atomic mass is 10.1. The van der Waals surface area contributed by atoms with Crippen molar-refractivity contribution in [3.63, 3.8) is 0 Å². The first kappa shape index (κ1) is 19.8. The molecular formula is C20H28N2OSSi. The van der Waals surface area contributed by atoms with Crippen LogP contribution in [0.1, 0.15) is 18.9 Å². The van der Waals surface area contributed by atoms with Gasteiger partial charge < -0.3 is 4.43 Å². The SMILES string of the molecule is CC(CCc1ccccc1)(O[Si](C)(C)C)S/C=N\Nc1ccccc1. The average molecular weight is 373 g/mol. The maximum atomic E-state index is 6.48. The summed E-state index contributed by atoms with van der Waals surface area (Å²) in [5.41, 5.74) is 7.24. The summed E-state index contributed by atoms with van der Waals surface area (Å²) < 4.78 is 6.48. The minimum atomic E-state index is -1.66. The van der Waals surface area contributed by atoms with Crippen molar-refractivity contribution in [1.29, 1.82) is 0 Å². The number of para-hydroxylation sites is 1. The summed E-state index contributed by atoms with van der Waals surface area (Å²) in [6, 6.07) is 20.5. The lowest BCUT2D eigenvalue weighted by molar-refractivity contribution is 0.169. The van der Waals surface area contributed by atoms with Crippen LogP contribution >= 0.6 is 11.8 Å². The van der Waals surface area contributed by atoms with Gasteiger partial charge >= 0.3 is 0 Å². The summed E-state index contributed by atoms with van der Waals surface area (Å²) in [6.07, 6.45) is 1.94. The molecule has 3 nitrogen and oxygen atoms in total. The van der Waals surface area contributed by atoms with Gasteiger partial charge in [0, 0.05) is 0 Å². The standard InChI is InChI=1S/C20H28N2OSSi/c1-20(23-25(2,3)4,16-15-18-11-7-5-8-12-18)24-17-21-22-19-13-9-6-10-14-19/h5-14,17,22H,15-16H2,1-4H3/b21-17-. The van der Waals surface area contributed by atoms with Crippen molar-refractivity contribution in [3.8, 4) is 0 Å². The summed E-state index contributed by atoms with van der Waals surface area (Å²) in [5, 5.41) is 4.34. The summed E-state index contributed by atoms with van der Waals surface area (Å²) >= 11 is 1.65.